The number of aliphatic hydroxyl groups is 2. The van der Waals surface area contributed by atoms with Crippen LogP contribution in [-0.4, -0.2) is 72.7 Å². The van der Waals surface area contributed by atoms with Gasteiger partial charge in [-0.05, 0) is 0 Å². The van der Waals surface area contributed by atoms with Gasteiger partial charge in [0, 0.05) is 6.54 Å². The van der Waals surface area contributed by atoms with Crippen molar-refractivity contribution >= 4 is 20.6 Å². The fourth-order valence-corrected chi connectivity index (χ4v) is 1.95. The van der Waals surface area contributed by atoms with E-state index in [1.54, 1.807) is 0 Å². The summed E-state index contributed by atoms with van der Waals surface area (Å²) in [7, 11) is -10.4. The second kappa shape index (κ2) is 12.6. The number of hydrogen-bond acceptors (Lipinski definition) is 8. The summed E-state index contributed by atoms with van der Waals surface area (Å²) in [5.74, 6) is 0. The Morgan fingerprint density at radius 2 is 1.16 bits per heavy atom. The Bertz CT molecular complexity index is 341. The first kappa shape index (κ1) is 23.7. The predicted molar refractivity (Wildman–Crippen MR) is 61.5 cm³/mol. The lowest BCUT2D eigenvalue weighted by Gasteiger charge is -2.25. The van der Waals surface area contributed by atoms with Gasteiger partial charge >= 0.3 is 0 Å². The number of nitrogens with zero attached hydrogens (tertiary/aromatic N) is 1. The first-order chi connectivity index (χ1) is 8.52. The zero-order valence-electron chi connectivity index (χ0n) is 10.6. The number of aliphatic hydroxyl groups excluding tert-OH is 2. The van der Waals surface area contributed by atoms with Crippen molar-refractivity contribution in [2.75, 3.05) is 32.8 Å². The molecule has 120 valence electrons. The van der Waals surface area contributed by atoms with Crippen LogP contribution in [0.4, 0.5) is 0 Å². The summed E-state index contributed by atoms with van der Waals surface area (Å²) < 4.78 is 59.3. The van der Waals surface area contributed by atoms with Gasteiger partial charge in [0.1, 0.15) is 0 Å². The smallest absolute Gasteiger partial charge is 0.174 e. The fourth-order valence-electron chi connectivity index (χ4n) is 0.428. The van der Waals surface area contributed by atoms with Crippen molar-refractivity contribution in [3.63, 3.8) is 0 Å². The van der Waals surface area contributed by atoms with E-state index in [2.05, 4.69) is 11.5 Å². The van der Waals surface area contributed by atoms with Crippen molar-refractivity contribution in [1.82, 2.24) is 3.71 Å². The molecule has 0 bridgehead atoms. The van der Waals surface area contributed by atoms with E-state index in [-0.39, 0.29) is 13.2 Å². The zero-order chi connectivity index (χ0) is 16.1. The first-order valence-corrected chi connectivity index (χ1v) is 7.75. The van der Waals surface area contributed by atoms with Crippen molar-refractivity contribution in [3.05, 3.63) is 0 Å². The first-order valence-electron chi connectivity index (χ1n) is 5.02. The molecule has 0 aromatic carbocycles. The number of hydrogen-bond donors (Lipinski definition) is 4. The van der Waals surface area contributed by atoms with Crippen molar-refractivity contribution in [3.8, 4) is 0 Å². The molecule has 0 spiro atoms. The summed E-state index contributed by atoms with van der Waals surface area (Å²) in [6.07, 6.45) is 0. The molecule has 11 nitrogen and oxygen atoms in total. The summed E-state index contributed by atoms with van der Waals surface area (Å²) in [5.41, 5.74) is 6.71. The van der Waals surface area contributed by atoms with Gasteiger partial charge in [-0.25, -0.2) is 16.8 Å². The average Bonchev–Trinajstić information content (AvgIpc) is 2.26. The average molecular weight is 327 g/mol. The van der Waals surface area contributed by atoms with E-state index in [0.717, 1.165) is 6.92 Å². The fraction of sp³-hybridized carbons (Fsp3) is 1.00. The second-order valence-corrected chi connectivity index (χ2v) is 5.48. The van der Waals surface area contributed by atoms with Crippen LogP contribution in [0.1, 0.15) is 6.92 Å². The Labute approximate surface area is 112 Å². The second-order valence-electron chi connectivity index (χ2n) is 2.66. The zero-order valence-corrected chi connectivity index (χ0v) is 12.2. The third-order valence-electron chi connectivity index (χ3n) is 1.07. The molecule has 0 radical (unpaired) electrons. The van der Waals surface area contributed by atoms with E-state index in [9.17, 15) is 25.9 Å². The Morgan fingerprint density at radius 3 is 1.16 bits per heavy atom. The highest BCUT2D eigenvalue weighted by molar-refractivity contribution is 7.98. The van der Waals surface area contributed by atoms with Gasteiger partial charge in [-0.1, -0.05) is 6.92 Å². The predicted octanol–water partition coefficient (Wildman–Crippen LogP) is -5.33. The number of quaternary nitrogens is 2. The lowest BCUT2D eigenvalue weighted by molar-refractivity contribution is -0.372. The topological polar surface area (TPSA) is 213 Å². The minimum Gasteiger partial charge on any atom is -0.735 e. The van der Waals surface area contributed by atoms with Gasteiger partial charge in [-0.15, -0.1) is 3.71 Å². The maximum atomic E-state index is 10.0. The maximum Gasteiger partial charge on any atom is 0.174 e. The maximum absolute atomic E-state index is 10.0. The Kier molecular flexibility index (Phi) is 15.8. The normalized spacial score (nSPS) is 11.2. The van der Waals surface area contributed by atoms with Gasteiger partial charge in [0.25, 0.3) is 0 Å². The highest BCUT2D eigenvalue weighted by Gasteiger charge is 2.15. The van der Waals surface area contributed by atoms with Crippen LogP contribution in [0, 0.1) is 0 Å². The lowest BCUT2D eigenvalue weighted by Crippen LogP contribution is -2.51. The molecule has 0 aromatic rings. The molecule has 0 rings (SSSR count). The molecule has 0 aliphatic heterocycles. The van der Waals surface area contributed by atoms with Crippen LogP contribution < -0.4 is 11.5 Å². The molecule has 8 N–H and O–H groups in total. The van der Waals surface area contributed by atoms with Crippen molar-refractivity contribution in [2.45, 2.75) is 6.92 Å². The molecule has 19 heavy (non-hydrogen) atoms. The van der Waals surface area contributed by atoms with Gasteiger partial charge in [-0.3, -0.25) is 0 Å². The van der Waals surface area contributed by atoms with Crippen LogP contribution in [0.25, 0.3) is 0 Å². The molecule has 0 unspecified atom stereocenters. The summed E-state index contributed by atoms with van der Waals surface area (Å²) >= 11 is 0. The molecule has 13 heteroatoms. The summed E-state index contributed by atoms with van der Waals surface area (Å²) in [6, 6.07) is 0. The Balaban J connectivity index is -0.000000264. The van der Waals surface area contributed by atoms with Crippen LogP contribution in [0.3, 0.4) is 0 Å². The minimum absolute atomic E-state index is 0.208. The largest absolute Gasteiger partial charge is 0.735 e. The van der Waals surface area contributed by atoms with Gasteiger partial charge in [0.2, 0.25) is 0 Å². The molecule has 0 amide bonds. The molecule has 0 saturated carbocycles. The van der Waals surface area contributed by atoms with Crippen molar-refractivity contribution in [2.24, 2.45) is 0 Å². The minimum atomic E-state index is -5.19. The Hall–Kier alpha value is -0.380. The third kappa shape index (κ3) is 17.6. The van der Waals surface area contributed by atoms with Crippen LogP contribution in [-0.2, 0) is 20.6 Å². The van der Waals surface area contributed by atoms with Gasteiger partial charge in [0.05, 0.1) is 26.3 Å². The Morgan fingerprint density at radius 1 is 0.947 bits per heavy atom. The van der Waals surface area contributed by atoms with Gasteiger partial charge in [0.15, 0.2) is 20.6 Å². The van der Waals surface area contributed by atoms with Gasteiger partial charge < -0.3 is 30.8 Å². The van der Waals surface area contributed by atoms with Crippen LogP contribution >= 0.6 is 0 Å². The summed E-state index contributed by atoms with van der Waals surface area (Å²) in [6.45, 7) is 2.04. The molecule has 0 aromatic heterocycles. The standard InChI is InChI=1S/C2H7NO6S2.2C2H7NO/c1-2-3(10(4,5)6)11(7,8)9;2*3-1-2-4/h2H2,1H3,(H,4,5,6)(H,7,8,9);2*4H,1-3H2. The van der Waals surface area contributed by atoms with E-state index in [0.29, 0.717) is 13.1 Å². The molecular formula is C6H21N3O8S2. The molecule has 0 heterocycles. The van der Waals surface area contributed by atoms with E-state index in [1.165, 1.54) is 0 Å². The van der Waals surface area contributed by atoms with Crippen LogP contribution in [0.5, 0.6) is 0 Å². The van der Waals surface area contributed by atoms with Crippen LogP contribution in [0.15, 0.2) is 0 Å². The van der Waals surface area contributed by atoms with Crippen LogP contribution in [0.2, 0.25) is 0 Å². The monoisotopic (exact) mass is 327 g/mol. The summed E-state index contributed by atoms with van der Waals surface area (Å²) in [5, 5.41) is 15.6. The summed E-state index contributed by atoms with van der Waals surface area (Å²) in [4.78, 5) is 0. The van der Waals surface area contributed by atoms with E-state index < -0.39 is 30.9 Å². The SMILES string of the molecule is CCN(S(=O)(=O)[O-])S(=O)(=O)[O-].[NH3+]CCO.[NH3+]CCO. The highest BCUT2D eigenvalue weighted by atomic mass is 32.3. The molecule has 0 aliphatic carbocycles. The van der Waals surface area contributed by atoms with Gasteiger partial charge in [-0.2, -0.15) is 0 Å². The third-order valence-corrected chi connectivity index (χ3v) is 3.68. The molecule has 0 aliphatic rings. The molecule has 0 atom stereocenters. The quantitative estimate of drug-likeness (QED) is 0.357. The van der Waals surface area contributed by atoms with E-state index in [1.807, 2.05) is 0 Å². The van der Waals surface area contributed by atoms with Crippen molar-refractivity contribution in [1.29, 1.82) is 0 Å². The lowest BCUT2D eigenvalue weighted by atomic mass is 10.8. The molecule has 0 saturated heterocycles. The van der Waals surface area contributed by atoms with E-state index in [4.69, 9.17) is 10.2 Å². The van der Waals surface area contributed by atoms with Crippen molar-refractivity contribution < 1.29 is 47.6 Å². The molecular weight excluding hydrogens is 306 g/mol. The number of rotatable bonds is 5. The highest BCUT2D eigenvalue weighted by Crippen LogP contribution is 2.01. The van der Waals surface area contributed by atoms with E-state index >= 15 is 0 Å². The molecule has 0 fully saturated rings.